The predicted octanol–water partition coefficient (Wildman–Crippen LogP) is 5.39. The summed E-state index contributed by atoms with van der Waals surface area (Å²) in [5.74, 6) is -0.325. The topological polar surface area (TPSA) is 95.7 Å². The van der Waals surface area contributed by atoms with Crippen LogP contribution < -0.4 is 11.1 Å². The zero-order valence-electron chi connectivity index (χ0n) is 27.4. The summed E-state index contributed by atoms with van der Waals surface area (Å²) in [5.41, 5.74) is 10.3. The highest BCUT2D eigenvalue weighted by molar-refractivity contribution is 5.93. The summed E-state index contributed by atoms with van der Waals surface area (Å²) in [6, 6.07) is 27.7. The number of nitrogens with two attached hydrogens (primary N) is 1. The second-order valence-corrected chi connectivity index (χ2v) is 13.2. The van der Waals surface area contributed by atoms with Crippen molar-refractivity contribution >= 4 is 17.7 Å². The second-order valence-electron chi connectivity index (χ2n) is 13.2. The molecule has 3 N–H and O–H groups in total. The van der Waals surface area contributed by atoms with E-state index in [4.69, 9.17) is 5.73 Å². The molecular formula is C38H48N4O3. The molecule has 7 heteroatoms. The molecule has 1 aliphatic heterocycles. The van der Waals surface area contributed by atoms with Gasteiger partial charge in [0.15, 0.2) is 0 Å². The molecular weight excluding hydrogens is 560 g/mol. The molecule has 0 aliphatic carbocycles. The molecule has 1 heterocycles. The summed E-state index contributed by atoms with van der Waals surface area (Å²) < 4.78 is 0. The van der Waals surface area contributed by atoms with Gasteiger partial charge in [0.05, 0.1) is 5.41 Å². The van der Waals surface area contributed by atoms with Crippen LogP contribution in [0, 0.1) is 5.41 Å². The fourth-order valence-electron chi connectivity index (χ4n) is 6.41. The van der Waals surface area contributed by atoms with Crippen LogP contribution in [0.25, 0.3) is 11.1 Å². The van der Waals surface area contributed by atoms with Crippen LogP contribution in [0.3, 0.4) is 0 Å². The van der Waals surface area contributed by atoms with Crippen molar-refractivity contribution in [3.8, 4) is 11.1 Å². The number of likely N-dealkylation sites (N-methyl/N-ethyl adjacent to an activating group) is 1. The average molecular weight is 609 g/mol. The first kappa shape index (κ1) is 33.7. The van der Waals surface area contributed by atoms with Crippen molar-refractivity contribution in [3.05, 3.63) is 108 Å². The molecule has 3 amide bonds. The van der Waals surface area contributed by atoms with E-state index in [0.717, 1.165) is 27.8 Å². The highest BCUT2D eigenvalue weighted by Crippen LogP contribution is 2.36. The molecule has 3 aromatic carbocycles. The monoisotopic (exact) mass is 608 g/mol. The first-order valence-corrected chi connectivity index (χ1v) is 15.8. The molecule has 1 aliphatic rings. The predicted molar refractivity (Wildman–Crippen MR) is 181 cm³/mol. The van der Waals surface area contributed by atoms with Gasteiger partial charge in [0.1, 0.15) is 6.04 Å². The maximum atomic E-state index is 14.3. The Morgan fingerprint density at radius 3 is 2.02 bits per heavy atom. The zero-order valence-corrected chi connectivity index (χ0v) is 27.4. The van der Waals surface area contributed by atoms with Crippen molar-refractivity contribution < 1.29 is 14.4 Å². The van der Waals surface area contributed by atoms with E-state index < -0.39 is 17.0 Å². The molecule has 0 bridgehead atoms. The largest absolute Gasteiger partial charge is 0.359 e. The van der Waals surface area contributed by atoms with Crippen LogP contribution in [0.1, 0.15) is 51.2 Å². The number of hydrogen-bond donors (Lipinski definition) is 2. The SMILES string of the molecule is CNC(=O)C1(Cc2ccccc2)CCN(C(=O)C(Cc2ccc(-c3ccccc3)cc2)N(C)C(=O)/C=C(\C)CC(C)(C)N)CC1. The van der Waals surface area contributed by atoms with E-state index >= 15 is 0 Å². The molecule has 3 aromatic rings. The van der Waals surface area contributed by atoms with Gasteiger partial charge in [-0.05, 0) is 68.7 Å². The summed E-state index contributed by atoms with van der Waals surface area (Å²) in [6.45, 7) is 6.64. The van der Waals surface area contributed by atoms with E-state index in [0.29, 0.717) is 45.2 Å². The third-order valence-corrected chi connectivity index (χ3v) is 8.82. The number of nitrogens with one attached hydrogen (secondary N) is 1. The molecule has 238 valence electrons. The smallest absolute Gasteiger partial charge is 0.246 e. The minimum atomic E-state index is -0.698. The molecule has 0 aromatic heterocycles. The van der Waals surface area contributed by atoms with Gasteiger partial charge in [-0.3, -0.25) is 14.4 Å². The highest BCUT2D eigenvalue weighted by Gasteiger charge is 2.43. The zero-order chi connectivity index (χ0) is 32.6. The van der Waals surface area contributed by atoms with Crippen molar-refractivity contribution in [1.29, 1.82) is 0 Å². The van der Waals surface area contributed by atoms with Crippen molar-refractivity contribution in [1.82, 2.24) is 15.1 Å². The minimum absolute atomic E-state index is 0.00393. The first-order valence-electron chi connectivity index (χ1n) is 15.8. The normalized spacial score (nSPS) is 15.7. The number of piperidine rings is 1. The lowest BCUT2D eigenvalue weighted by atomic mass is 9.73. The quantitative estimate of drug-likeness (QED) is 0.285. The molecule has 4 rings (SSSR count). The number of amides is 3. The average Bonchev–Trinajstić information content (AvgIpc) is 3.03. The standard InChI is InChI=1S/C38H48N4O3/c1-28(26-37(2,3)39)24-34(43)41(5)33(25-29-16-18-32(19-17-29)31-14-10-7-11-15-31)35(44)42-22-20-38(21-23-42,36(45)40-4)27-30-12-8-6-9-13-30/h6-19,24,33H,20-23,25-27,39H2,1-5H3,(H,40,45)/b28-24+. The third-order valence-electron chi connectivity index (χ3n) is 8.82. The van der Waals surface area contributed by atoms with Gasteiger partial charge < -0.3 is 20.9 Å². The van der Waals surface area contributed by atoms with Crippen LogP contribution in [0.15, 0.2) is 96.6 Å². The Balaban J connectivity index is 1.56. The van der Waals surface area contributed by atoms with Crippen LogP contribution in [0.2, 0.25) is 0 Å². The van der Waals surface area contributed by atoms with Crippen LogP contribution >= 0.6 is 0 Å². The number of nitrogens with zero attached hydrogens (tertiary/aromatic N) is 2. The van der Waals surface area contributed by atoms with E-state index in [2.05, 4.69) is 29.6 Å². The van der Waals surface area contributed by atoms with Crippen molar-refractivity contribution in [2.45, 2.75) is 64.5 Å². The lowest BCUT2D eigenvalue weighted by molar-refractivity contribution is -0.146. The second kappa shape index (κ2) is 14.7. The summed E-state index contributed by atoms with van der Waals surface area (Å²) in [5, 5.41) is 2.87. The summed E-state index contributed by atoms with van der Waals surface area (Å²) in [7, 11) is 3.38. The fourth-order valence-corrected chi connectivity index (χ4v) is 6.41. The Bertz CT molecular complexity index is 1470. The van der Waals surface area contributed by atoms with E-state index in [1.165, 1.54) is 0 Å². The number of carbonyl (C=O) groups is 3. The van der Waals surface area contributed by atoms with Gasteiger partial charge in [-0.1, -0.05) is 90.5 Å². The lowest BCUT2D eigenvalue weighted by Crippen LogP contribution is -2.55. The number of benzene rings is 3. The molecule has 0 saturated carbocycles. The summed E-state index contributed by atoms with van der Waals surface area (Å²) in [6.07, 6.45) is 4.27. The van der Waals surface area contributed by atoms with E-state index in [-0.39, 0.29) is 17.7 Å². The third kappa shape index (κ3) is 8.92. The van der Waals surface area contributed by atoms with Gasteiger partial charge in [-0.2, -0.15) is 0 Å². The molecule has 1 unspecified atom stereocenters. The van der Waals surface area contributed by atoms with Gasteiger partial charge >= 0.3 is 0 Å². The Labute approximate surface area is 268 Å². The lowest BCUT2D eigenvalue weighted by Gasteiger charge is -2.42. The van der Waals surface area contributed by atoms with E-state index in [9.17, 15) is 14.4 Å². The first-order chi connectivity index (χ1) is 21.4. The number of likely N-dealkylation sites (tertiary alicyclic amines) is 1. The fraction of sp³-hybridized carbons (Fsp3) is 0.395. The summed E-state index contributed by atoms with van der Waals surface area (Å²) >= 11 is 0. The maximum absolute atomic E-state index is 14.3. The number of rotatable bonds is 11. The van der Waals surface area contributed by atoms with Gasteiger partial charge in [0, 0.05) is 45.2 Å². The van der Waals surface area contributed by atoms with Crippen LogP contribution in [-0.2, 0) is 27.2 Å². The van der Waals surface area contributed by atoms with Gasteiger partial charge in [-0.25, -0.2) is 0 Å². The Hall–Kier alpha value is -4.23. The van der Waals surface area contributed by atoms with Gasteiger partial charge in [-0.15, -0.1) is 0 Å². The Kier molecular flexibility index (Phi) is 11.0. The molecule has 7 nitrogen and oxygen atoms in total. The molecule has 1 atom stereocenters. The van der Waals surface area contributed by atoms with Crippen molar-refractivity contribution in [2.24, 2.45) is 11.1 Å². The van der Waals surface area contributed by atoms with E-state index in [1.54, 1.807) is 25.1 Å². The molecule has 1 saturated heterocycles. The Morgan fingerprint density at radius 2 is 1.47 bits per heavy atom. The maximum Gasteiger partial charge on any atom is 0.246 e. The summed E-state index contributed by atoms with van der Waals surface area (Å²) in [4.78, 5) is 44.4. The van der Waals surface area contributed by atoms with Gasteiger partial charge in [0.2, 0.25) is 17.7 Å². The van der Waals surface area contributed by atoms with Crippen molar-refractivity contribution in [2.75, 3.05) is 27.2 Å². The van der Waals surface area contributed by atoms with E-state index in [1.807, 2.05) is 86.3 Å². The number of carbonyl (C=O) groups excluding carboxylic acids is 3. The molecule has 1 fully saturated rings. The molecule has 45 heavy (non-hydrogen) atoms. The Morgan fingerprint density at radius 1 is 0.911 bits per heavy atom. The van der Waals surface area contributed by atoms with Crippen LogP contribution in [0.4, 0.5) is 0 Å². The highest BCUT2D eigenvalue weighted by atomic mass is 16.2. The molecule has 0 spiro atoms. The van der Waals surface area contributed by atoms with Crippen molar-refractivity contribution in [3.63, 3.8) is 0 Å². The van der Waals surface area contributed by atoms with Crippen LogP contribution in [0.5, 0.6) is 0 Å². The number of hydrogen-bond acceptors (Lipinski definition) is 4. The van der Waals surface area contributed by atoms with Crippen LogP contribution in [-0.4, -0.2) is 66.3 Å². The van der Waals surface area contributed by atoms with Gasteiger partial charge in [0.25, 0.3) is 0 Å². The molecule has 0 radical (unpaired) electrons. The minimum Gasteiger partial charge on any atom is -0.359 e.